The molecule has 2 aliphatic carbocycles. The molecule has 6 heteroatoms. The van der Waals surface area contributed by atoms with Gasteiger partial charge in [0, 0.05) is 5.92 Å². The van der Waals surface area contributed by atoms with Crippen molar-refractivity contribution < 1.29 is 22.5 Å². The van der Waals surface area contributed by atoms with E-state index in [4.69, 9.17) is 4.18 Å². The van der Waals surface area contributed by atoms with Crippen molar-refractivity contribution in [1.82, 2.24) is 0 Å². The fraction of sp³-hybridized carbons (Fsp3) is 0.938. The van der Waals surface area contributed by atoms with Crippen molar-refractivity contribution in [1.29, 1.82) is 0 Å². The third-order valence-corrected chi connectivity index (χ3v) is 6.48. The Morgan fingerprint density at radius 3 is 2.41 bits per heavy atom. The summed E-state index contributed by atoms with van der Waals surface area (Å²) >= 11 is 0. The minimum Gasteiger partial charge on any atom is -0.390 e. The maximum atomic E-state index is 11.6. The molecule has 2 saturated carbocycles. The lowest BCUT2D eigenvalue weighted by molar-refractivity contribution is -0.135. The van der Waals surface area contributed by atoms with Gasteiger partial charge in [-0.1, -0.05) is 6.92 Å². The molecule has 0 aromatic rings. The summed E-state index contributed by atoms with van der Waals surface area (Å²) in [5.41, 5.74) is -1.10. The molecule has 0 amide bonds. The fourth-order valence-electron chi connectivity index (χ4n) is 4.48. The zero-order valence-electron chi connectivity index (χ0n) is 13.9. The molecule has 22 heavy (non-hydrogen) atoms. The first kappa shape index (κ1) is 17.9. The van der Waals surface area contributed by atoms with E-state index in [1.165, 1.54) is 0 Å². The van der Waals surface area contributed by atoms with Gasteiger partial charge >= 0.3 is 0 Å². The molecule has 0 aromatic carbocycles. The molecule has 0 radical (unpaired) electrons. The molecule has 2 rings (SSSR count). The van der Waals surface area contributed by atoms with Crippen molar-refractivity contribution in [3.05, 3.63) is 0 Å². The summed E-state index contributed by atoms with van der Waals surface area (Å²) in [7, 11) is -3.52. The second-order valence-electron chi connectivity index (χ2n) is 7.90. The molecule has 0 unspecified atom stereocenters. The van der Waals surface area contributed by atoms with E-state index in [1.807, 2.05) is 20.8 Å². The van der Waals surface area contributed by atoms with E-state index in [9.17, 15) is 18.3 Å². The van der Waals surface area contributed by atoms with E-state index >= 15 is 0 Å². The number of carbonyl (C=O) groups excluding carboxylic acids is 1. The van der Waals surface area contributed by atoms with Crippen LogP contribution in [0.25, 0.3) is 0 Å². The first-order chi connectivity index (χ1) is 9.97. The number of rotatable bonds is 4. The zero-order valence-corrected chi connectivity index (χ0v) is 14.7. The Morgan fingerprint density at radius 1 is 1.27 bits per heavy atom. The van der Waals surface area contributed by atoms with Crippen LogP contribution in [0.1, 0.15) is 52.9 Å². The van der Waals surface area contributed by atoms with Crippen LogP contribution in [-0.2, 0) is 19.1 Å². The van der Waals surface area contributed by atoms with Crippen LogP contribution >= 0.6 is 0 Å². The SMILES string of the molecule is CC(C)(O)[C@H]1CC[C@]2(C)[C@@H](OS(C)(=O)=O)CC[C@@H](C=O)[C@H]2C1. The van der Waals surface area contributed by atoms with Gasteiger partial charge in [-0.2, -0.15) is 8.42 Å². The number of fused-ring (bicyclic) bond motifs is 1. The molecule has 0 spiro atoms. The molecule has 0 aliphatic heterocycles. The van der Waals surface area contributed by atoms with Gasteiger partial charge in [0.1, 0.15) is 6.29 Å². The predicted molar refractivity (Wildman–Crippen MR) is 83.7 cm³/mol. The van der Waals surface area contributed by atoms with Crippen LogP contribution in [0.3, 0.4) is 0 Å². The number of hydrogen-bond acceptors (Lipinski definition) is 5. The number of carbonyl (C=O) groups is 1. The van der Waals surface area contributed by atoms with Gasteiger partial charge in [0.05, 0.1) is 18.0 Å². The molecular formula is C16H28O5S. The molecule has 5 atom stereocenters. The zero-order chi connectivity index (χ0) is 16.8. The lowest BCUT2D eigenvalue weighted by Crippen LogP contribution is -2.53. The number of aldehydes is 1. The highest BCUT2D eigenvalue weighted by Crippen LogP contribution is 2.56. The van der Waals surface area contributed by atoms with Crippen LogP contribution in [0.5, 0.6) is 0 Å². The highest BCUT2D eigenvalue weighted by Gasteiger charge is 2.54. The molecule has 5 nitrogen and oxygen atoms in total. The van der Waals surface area contributed by atoms with Crippen LogP contribution < -0.4 is 0 Å². The highest BCUT2D eigenvalue weighted by molar-refractivity contribution is 7.86. The summed E-state index contributed by atoms with van der Waals surface area (Å²) in [4.78, 5) is 11.5. The third-order valence-electron chi connectivity index (χ3n) is 5.90. The van der Waals surface area contributed by atoms with Gasteiger partial charge in [-0.3, -0.25) is 4.18 Å². The van der Waals surface area contributed by atoms with E-state index < -0.39 is 15.7 Å². The highest BCUT2D eigenvalue weighted by atomic mass is 32.2. The first-order valence-corrected chi connectivity index (χ1v) is 9.85. The van der Waals surface area contributed by atoms with Crippen LogP contribution in [0.15, 0.2) is 0 Å². The Kier molecular flexibility index (Phi) is 4.78. The van der Waals surface area contributed by atoms with Crippen LogP contribution in [-0.4, -0.2) is 37.8 Å². The minimum absolute atomic E-state index is 0.0654. The maximum Gasteiger partial charge on any atom is 0.264 e. The van der Waals surface area contributed by atoms with E-state index in [0.717, 1.165) is 31.8 Å². The summed E-state index contributed by atoms with van der Waals surface area (Å²) in [6.45, 7) is 5.66. The summed E-state index contributed by atoms with van der Waals surface area (Å²) in [6.07, 6.45) is 5.31. The van der Waals surface area contributed by atoms with Crippen LogP contribution in [0.4, 0.5) is 0 Å². The van der Waals surface area contributed by atoms with Gasteiger partial charge in [0.15, 0.2) is 0 Å². The van der Waals surface area contributed by atoms with Crippen molar-refractivity contribution in [3.8, 4) is 0 Å². The largest absolute Gasteiger partial charge is 0.390 e. The van der Waals surface area contributed by atoms with Crippen molar-refractivity contribution in [2.75, 3.05) is 6.26 Å². The molecule has 0 heterocycles. The molecule has 0 aromatic heterocycles. The summed E-state index contributed by atoms with van der Waals surface area (Å²) in [6, 6.07) is 0. The fourth-order valence-corrected chi connectivity index (χ4v) is 5.21. The topological polar surface area (TPSA) is 80.7 Å². The van der Waals surface area contributed by atoms with Gasteiger partial charge in [0.2, 0.25) is 0 Å². The molecular weight excluding hydrogens is 304 g/mol. The van der Waals surface area contributed by atoms with E-state index in [0.29, 0.717) is 12.8 Å². The Bertz CT molecular complexity index is 521. The third kappa shape index (κ3) is 3.54. The Hall–Kier alpha value is -0.460. The molecule has 2 aliphatic rings. The summed E-state index contributed by atoms with van der Waals surface area (Å²) in [5.74, 6) is 0.121. The monoisotopic (exact) mass is 332 g/mol. The Morgan fingerprint density at radius 2 is 1.91 bits per heavy atom. The van der Waals surface area contributed by atoms with E-state index in [1.54, 1.807) is 0 Å². The molecule has 1 N–H and O–H groups in total. The normalized spacial score (nSPS) is 40.0. The smallest absolute Gasteiger partial charge is 0.264 e. The van der Waals surface area contributed by atoms with E-state index in [-0.39, 0.29) is 29.3 Å². The van der Waals surface area contributed by atoms with E-state index in [2.05, 4.69) is 0 Å². The minimum atomic E-state index is -3.52. The first-order valence-electron chi connectivity index (χ1n) is 8.03. The van der Waals surface area contributed by atoms with Gasteiger partial charge in [-0.25, -0.2) is 0 Å². The van der Waals surface area contributed by atoms with Gasteiger partial charge < -0.3 is 9.90 Å². The number of aliphatic hydroxyl groups is 1. The molecule has 0 saturated heterocycles. The van der Waals surface area contributed by atoms with Crippen LogP contribution in [0, 0.1) is 23.2 Å². The molecule has 128 valence electrons. The predicted octanol–water partition coefficient (Wildman–Crippen LogP) is 2.13. The summed E-state index contributed by atoms with van der Waals surface area (Å²) in [5, 5.41) is 10.3. The van der Waals surface area contributed by atoms with Crippen molar-refractivity contribution in [3.63, 3.8) is 0 Å². The van der Waals surface area contributed by atoms with Gasteiger partial charge in [-0.05, 0) is 63.2 Å². The van der Waals surface area contributed by atoms with Gasteiger partial charge in [-0.15, -0.1) is 0 Å². The average molecular weight is 332 g/mol. The average Bonchev–Trinajstić information content (AvgIpc) is 2.36. The van der Waals surface area contributed by atoms with Crippen LogP contribution in [0.2, 0.25) is 0 Å². The Balaban J connectivity index is 2.28. The lowest BCUT2D eigenvalue weighted by Gasteiger charge is -2.54. The van der Waals surface area contributed by atoms with Gasteiger partial charge in [0.25, 0.3) is 10.1 Å². The quantitative estimate of drug-likeness (QED) is 0.630. The van der Waals surface area contributed by atoms with Crippen molar-refractivity contribution >= 4 is 16.4 Å². The number of hydrogen-bond donors (Lipinski definition) is 1. The lowest BCUT2D eigenvalue weighted by atomic mass is 9.52. The molecule has 0 bridgehead atoms. The Labute approximate surface area is 133 Å². The van der Waals surface area contributed by atoms with Crippen molar-refractivity contribution in [2.45, 2.75) is 64.6 Å². The second kappa shape index (κ2) is 5.87. The standard InChI is InChI=1S/C16H28O5S/c1-15(2,18)12-7-8-16(3)13(9-12)11(10-17)5-6-14(16)21-22(4,19)20/h10-14,18H,5-9H2,1-4H3/t11-,12-,13+,14-,16-/m0/s1. The summed E-state index contributed by atoms with van der Waals surface area (Å²) < 4.78 is 28.5. The second-order valence-corrected chi connectivity index (χ2v) is 9.50. The van der Waals surface area contributed by atoms with Crippen molar-refractivity contribution in [2.24, 2.45) is 23.2 Å². The maximum absolute atomic E-state index is 11.6. The molecule has 2 fully saturated rings.